The van der Waals surface area contributed by atoms with Gasteiger partial charge in [-0.05, 0) is 55.5 Å². The first-order valence-electron chi connectivity index (χ1n) is 8.04. The molecule has 2 nitrogen and oxygen atoms in total. The average Bonchev–Trinajstić information content (AvgIpc) is 3.16. The molecule has 130 valence electrons. The van der Waals surface area contributed by atoms with E-state index in [1.54, 1.807) is 17.4 Å². The lowest BCUT2D eigenvalue weighted by atomic mass is 10.1. The number of thiophene rings is 1. The Kier molecular flexibility index (Phi) is 3.68. The predicted molar refractivity (Wildman–Crippen MR) is 108 cm³/mol. The Morgan fingerprint density at radius 2 is 2.00 bits per heavy atom. The highest BCUT2D eigenvalue weighted by Gasteiger charge is 2.32. The minimum atomic E-state index is -0.378. The van der Waals surface area contributed by atoms with Gasteiger partial charge in [0.25, 0.3) is 0 Å². The Balaban J connectivity index is 1.86. The fourth-order valence-corrected chi connectivity index (χ4v) is 4.96. The van der Waals surface area contributed by atoms with E-state index < -0.39 is 0 Å². The van der Waals surface area contributed by atoms with Gasteiger partial charge in [-0.3, -0.25) is 4.57 Å². The molecule has 0 bridgehead atoms. The van der Waals surface area contributed by atoms with Crippen molar-refractivity contribution < 1.29 is 9.13 Å². The highest BCUT2D eigenvalue weighted by molar-refractivity contribution is 9.10. The largest absolute Gasteiger partial charge is 0.464 e. The van der Waals surface area contributed by atoms with Crippen LogP contribution < -0.4 is 4.74 Å². The second-order valence-electron chi connectivity index (χ2n) is 6.28. The average molecular weight is 449 g/mol. The lowest BCUT2D eigenvalue weighted by Gasteiger charge is -2.29. The highest BCUT2D eigenvalue weighted by Crippen LogP contribution is 2.47. The van der Waals surface area contributed by atoms with Crippen LogP contribution in [-0.4, -0.2) is 4.57 Å². The van der Waals surface area contributed by atoms with Gasteiger partial charge in [0.2, 0.25) is 6.23 Å². The quantitative estimate of drug-likeness (QED) is 0.301. The number of halogens is 3. The maximum Gasteiger partial charge on any atom is 0.212 e. The first-order valence-corrected chi connectivity index (χ1v) is 10.0. The molecule has 0 fully saturated rings. The van der Waals surface area contributed by atoms with E-state index in [4.69, 9.17) is 16.3 Å². The standard InChI is InChI=1S/C20H12BrClFNOS/c1-10-2-5-18(26-10)20-24-15-4-3-12(21)6-11(15)7-16(24)19-14(23)8-13(22)9-17(19)25-20/h2-9,20H,1H3. The first kappa shape index (κ1) is 16.4. The molecule has 4 aromatic rings. The molecule has 0 saturated carbocycles. The number of aromatic nitrogens is 1. The third-order valence-corrected chi connectivity index (χ3v) is 6.30. The Hall–Kier alpha value is -1.82. The van der Waals surface area contributed by atoms with Gasteiger partial charge in [-0.25, -0.2) is 4.39 Å². The Morgan fingerprint density at radius 3 is 2.77 bits per heavy atom. The van der Waals surface area contributed by atoms with Crippen molar-refractivity contribution in [2.24, 2.45) is 0 Å². The van der Waals surface area contributed by atoms with Crippen molar-refractivity contribution >= 4 is 49.8 Å². The van der Waals surface area contributed by atoms with Crippen LogP contribution in [-0.2, 0) is 0 Å². The molecular formula is C20H12BrClFNOS. The Bertz CT molecular complexity index is 1180. The molecule has 2 aromatic heterocycles. The van der Waals surface area contributed by atoms with Crippen LogP contribution in [0, 0.1) is 12.7 Å². The molecule has 0 radical (unpaired) electrons. The summed E-state index contributed by atoms with van der Waals surface area (Å²) in [5.74, 6) is 0.0943. The molecule has 0 spiro atoms. The van der Waals surface area contributed by atoms with Crippen molar-refractivity contribution in [3.8, 4) is 17.0 Å². The summed E-state index contributed by atoms with van der Waals surface area (Å²) in [7, 11) is 0. The van der Waals surface area contributed by atoms with Crippen LogP contribution in [0.15, 0.2) is 53.0 Å². The lowest BCUT2D eigenvalue weighted by Crippen LogP contribution is -2.21. The van der Waals surface area contributed by atoms with E-state index in [1.165, 1.54) is 10.9 Å². The van der Waals surface area contributed by atoms with Crippen molar-refractivity contribution in [3.63, 3.8) is 0 Å². The summed E-state index contributed by atoms with van der Waals surface area (Å²) in [6.07, 6.45) is -0.354. The third-order valence-electron chi connectivity index (χ3n) is 4.55. The molecular weight excluding hydrogens is 437 g/mol. The van der Waals surface area contributed by atoms with Gasteiger partial charge >= 0.3 is 0 Å². The lowest BCUT2D eigenvalue weighted by molar-refractivity contribution is 0.176. The Morgan fingerprint density at radius 1 is 1.15 bits per heavy atom. The smallest absolute Gasteiger partial charge is 0.212 e. The fourth-order valence-electron chi connectivity index (χ4n) is 3.49. The molecule has 3 heterocycles. The van der Waals surface area contributed by atoms with Crippen LogP contribution in [0.25, 0.3) is 22.2 Å². The van der Waals surface area contributed by atoms with Gasteiger partial charge < -0.3 is 4.74 Å². The van der Waals surface area contributed by atoms with E-state index in [-0.39, 0.29) is 12.0 Å². The summed E-state index contributed by atoms with van der Waals surface area (Å²) in [5.41, 5.74) is 2.25. The van der Waals surface area contributed by atoms with E-state index in [0.717, 1.165) is 25.9 Å². The summed E-state index contributed by atoms with van der Waals surface area (Å²) in [4.78, 5) is 2.27. The van der Waals surface area contributed by atoms with Gasteiger partial charge in [0.15, 0.2) is 0 Å². The number of nitrogens with zero attached hydrogens (tertiary/aromatic N) is 1. The van der Waals surface area contributed by atoms with Crippen LogP contribution in [0.2, 0.25) is 5.02 Å². The van der Waals surface area contributed by atoms with Crippen LogP contribution >= 0.6 is 38.9 Å². The summed E-state index contributed by atoms with van der Waals surface area (Å²) in [6.45, 7) is 2.06. The molecule has 1 atom stereocenters. The van der Waals surface area contributed by atoms with E-state index in [1.807, 2.05) is 24.3 Å². The second-order valence-corrected chi connectivity index (χ2v) is 8.95. The normalized spacial score (nSPS) is 15.6. The minimum Gasteiger partial charge on any atom is -0.464 e. The predicted octanol–water partition coefficient (Wildman–Crippen LogP) is 7.17. The summed E-state index contributed by atoms with van der Waals surface area (Å²) in [6, 6.07) is 15.2. The molecule has 5 rings (SSSR count). The minimum absolute atomic E-state index is 0.328. The summed E-state index contributed by atoms with van der Waals surface area (Å²) >= 11 is 11.3. The number of aryl methyl sites for hydroxylation is 1. The van der Waals surface area contributed by atoms with Crippen molar-refractivity contribution in [2.75, 3.05) is 0 Å². The van der Waals surface area contributed by atoms with E-state index in [0.29, 0.717) is 16.3 Å². The molecule has 2 aromatic carbocycles. The van der Waals surface area contributed by atoms with Crippen LogP contribution in [0.5, 0.6) is 5.75 Å². The van der Waals surface area contributed by atoms with Crippen LogP contribution in [0.3, 0.4) is 0 Å². The zero-order valence-corrected chi connectivity index (χ0v) is 16.8. The molecule has 26 heavy (non-hydrogen) atoms. The molecule has 0 aliphatic carbocycles. The number of benzene rings is 2. The van der Waals surface area contributed by atoms with Gasteiger partial charge in [0, 0.05) is 19.8 Å². The van der Waals surface area contributed by atoms with Crippen molar-refractivity contribution in [2.45, 2.75) is 13.2 Å². The van der Waals surface area contributed by atoms with Crippen LogP contribution in [0.4, 0.5) is 4.39 Å². The van der Waals surface area contributed by atoms with E-state index in [2.05, 4.69) is 39.6 Å². The van der Waals surface area contributed by atoms with Crippen molar-refractivity contribution in [3.05, 3.63) is 73.6 Å². The van der Waals surface area contributed by atoms with Gasteiger partial charge in [-0.15, -0.1) is 11.3 Å². The topological polar surface area (TPSA) is 14.2 Å². The number of hydrogen-bond donors (Lipinski definition) is 0. The molecule has 0 amide bonds. The van der Waals surface area contributed by atoms with E-state index >= 15 is 0 Å². The van der Waals surface area contributed by atoms with Gasteiger partial charge in [-0.1, -0.05) is 27.5 Å². The maximum absolute atomic E-state index is 14.8. The van der Waals surface area contributed by atoms with Gasteiger partial charge in [-0.2, -0.15) is 0 Å². The first-order chi connectivity index (χ1) is 12.5. The number of fused-ring (bicyclic) bond motifs is 5. The molecule has 6 heteroatoms. The number of hydrogen-bond acceptors (Lipinski definition) is 2. The third kappa shape index (κ3) is 2.42. The molecule has 0 N–H and O–H groups in total. The molecule has 1 aliphatic heterocycles. The highest BCUT2D eigenvalue weighted by atomic mass is 79.9. The summed E-state index contributed by atoms with van der Waals surface area (Å²) < 4.78 is 24.1. The second kappa shape index (κ2) is 5.84. The molecule has 0 saturated heterocycles. The number of rotatable bonds is 1. The molecule has 1 unspecified atom stereocenters. The van der Waals surface area contributed by atoms with Crippen molar-refractivity contribution in [1.82, 2.24) is 4.57 Å². The van der Waals surface area contributed by atoms with Crippen LogP contribution in [0.1, 0.15) is 16.0 Å². The molecule has 1 aliphatic rings. The monoisotopic (exact) mass is 447 g/mol. The van der Waals surface area contributed by atoms with Crippen molar-refractivity contribution in [1.29, 1.82) is 0 Å². The van der Waals surface area contributed by atoms with Gasteiger partial charge in [0.05, 0.1) is 21.7 Å². The zero-order chi connectivity index (χ0) is 18.0. The van der Waals surface area contributed by atoms with Gasteiger partial charge in [0.1, 0.15) is 11.6 Å². The maximum atomic E-state index is 14.8. The summed E-state index contributed by atoms with van der Waals surface area (Å²) in [5, 5.41) is 1.35. The number of ether oxygens (including phenoxy) is 1. The fraction of sp³-hybridized carbons (Fsp3) is 0.100. The Labute approximate surface area is 166 Å². The zero-order valence-electron chi connectivity index (χ0n) is 13.6. The SMILES string of the molecule is Cc1ccc(C2Oc3cc(Cl)cc(F)c3-c3cc4cc(Br)ccc4n32)s1. The van der Waals surface area contributed by atoms with E-state index in [9.17, 15) is 4.39 Å².